The summed E-state index contributed by atoms with van der Waals surface area (Å²) in [5.74, 6) is 0.526. The first-order valence-electron chi connectivity index (χ1n) is 14.0. The normalized spacial score (nSPS) is 23.9. The lowest BCUT2D eigenvalue weighted by Crippen LogP contribution is -2.45. The zero-order valence-corrected chi connectivity index (χ0v) is 24.8. The summed E-state index contributed by atoms with van der Waals surface area (Å²) in [6, 6.07) is 1.83. The van der Waals surface area contributed by atoms with Gasteiger partial charge in [0.1, 0.15) is 5.82 Å². The Labute approximate surface area is 240 Å². The van der Waals surface area contributed by atoms with Crippen molar-refractivity contribution in [2.75, 3.05) is 18.4 Å². The molecule has 4 atom stereocenters. The average Bonchev–Trinajstić information content (AvgIpc) is 3.57. The zero-order chi connectivity index (χ0) is 29.0. The van der Waals surface area contributed by atoms with Gasteiger partial charge in [-0.15, -0.1) is 0 Å². The van der Waals surface area contributed by atoms with Crippen LogP contribution < -0.4 is 10.6 Å². The number of pyridine rings is 1. The predicted octanol–water partition coefficient (Wildman–Crippen LogP) is 4.52. The van der Waals surface area contributed by atoms with Crippen LogP contribution in [0.1, 0.15) is 60.1 Å². The fourth-order valence-electron chi connectivity index (χ4n) is 6.31. The number of aromatic nitrogens is 3. The van der Waals surface area contributed by atoms with Crippen molar-refractivity contribution in [1.29, 1.82) is 0 Å². The molecule has 1 unspecified atom stereocenters. The minimum Gasteiger partial charge on any atom is -0.436 e. The fourth-order valence-corrected chi connectivity index (χ4v) is 6.52. The Morgan fingerprint density at radius 1 is 1.12 bits per heavy atom. The molecule has 2 aromatic rings. The van der Waals surface area contributed by atoms with Crippen LogP contribution in [-0.4, -0.2) is 62.3 Å². The van der Waals surface area contributed by atoms with Crippen LogP contribution in [0.2, 0.25) is 5.02 Å². The first-order chi connectivity index (χ1) is 18.7. The van der Waals surface area contributed by atoms with Gasteiger partial charge in [-0.2, -0.15) is 5.10 Å². The third kappa shape index (κ3) is 5.96. The number of nitrogens with one attached hydrogen (secondary N) is 2. The SMILES string of the molecule is C[C@H](OC(=O)NC(C)(C)C)C(=O)N1C[C@H]2CC(C(=O)Nc3cc(-c4cnn5c4CC(C)(C)C5)c(Cl)cn3)C[C@H]2C1. The lowest BCUT2D eigenvalue weighted by Gasteiger charge is -2.25. The Balaban J connectivity index is 1.17. The lowest BCUT2D eigenvalue weighted by atomic mass is 9.89. The highest BCUT2D eigenvalue weighted by molar-refractivity contribution is 6.33. The van der Waals surface area contributed by atoms with E-state index in [1.165, 1.54) is 0 Å². The van der Waals surface area contributed by atoms with Crippen molar-refractivity contribution in [2.24, 2.45) is 23.2 Å². The maximum absolute atomic E-state index is 13.2. The second kappa shape index (κ2) is 10.4. The van der Waals surface area contributed by atoms with E-state index in [2.05, 4.69) is 34.6 Å². The predicted molar refractivity (Wildman–Crippen MR) is 152 cm³/mol. The van der Waals surface area contributed by atoms with E-state index in [4.69, 9.17) is 16.3 Å². The highest BCUT2D eigenvalue weighted by Gasteiger charge is 2.45. The first kappa shape index (κ1) is 28.4. The molecule has 0 radical (unpaired) electrons. The molecule has 1 saturated carbocycles. The van der Waals surface area contributed by atoms with Crippen molar-refractivity contribution >= 4 is 35.3 Å². The van der Waals surface area contributed by atoms with Crippen LogP contribution in [-0.2, 0) is 27.3 Å². The highest BCUT2D eigenvalue weighted by Crippen LogP contribution is 2.43. The van der Waals surface area contributed by atoms with Crippen LogP contribution >= 0.6 is 11.6 Å². The molecule has 10 nitrogen and oxygen atoms in total. The summed E-state index contributed by atoms with van der Waals surface area (Å²) >= 11 is 6.53. The largest absolute Gasteiger partial charge is 0.436 e. The Morgan fingerprint density at radius 2 is 1.80 bits per heavy atom. The number of rotatable bonds is 5. The number of hydrogen-bond donors (Lipinski definition) is 2. The topological polar surface area (TPSA) is 118 Å². The summed E-state index contributed by atoms with van der Waals surface area (Å²) in [6.07, 6.45) is 4.25. The number of nitrogens with zero attached hydrogens (tertiary/aromatic N) is 4. The van der Waals surface area contributed by atoms with Gasteiger partial charge < -0.3 is 20.3 Å². The average molecular weight is 571 g/mol. The van der Waals surface area contributed by atoms with Crippen LogP contribution in [0.5, 0.6) is 0 Å². The van der Waals surface area contributed by atoms with E-state index in [9.17, 15) is 14.4 Å². The van der Waals surface area contributed by atoms with Crippen LogP contribution in [0.15, 0.2) is 18.5 Å². The molecule has 2 aromatic heterocycles. The first-order valence-corrected chi connectivity index (χ1v) is 14.4. The Hall–Kier alpha value is -3.14. The molecule has 1 saturated heterocycles. The Bertz CT molecular complexity index is 1320. The fraction of sp³-hybridized carbons (Fsp3) is 0.621. The molecule has 216 valence electrons. The number of likely N-dealkylation sites (tertiary alicyclic amines) is 1. The van der Waals surface area contributed by atoms with Crippen molar-refractivity contribution in [2.45, 2.75) is 79.0 Å². The third-order valence-corrected chi connectivity index (χ3v) is 8.41. The van der Waals surface area contributed by atoms with Crippen molar-refractivity contribution < 1.29 is 19.1 Å². The van der Waals surface area contributed by atoms with Gasteiger partial charge in [0, 0.05) is 54.1 Å². The zero-order valence-electron chi connectivity index (χ0n) is 24.1. The molecule has 11 heteroatoms. The summed E-state index contributed by atoms with van der Waals surface area (Å²) in [5.41, 5.74) is 2.63. The number of alkyl carbamates (subject to hydrolysis) is 1. The number of halogens is 1. The van der Waals surface area contributed by atoms with E-state index in [-0.39, 0.29) is 35.0 Å². The Morgan fingerprint density at radius 3 is 2.45 bits per heavy atom. The molecule has 5 rings (SSSR count). The molecular formula is C29H39ClN6O4. The molecule has 3 amide bonds. The lowest BCUT2D eigenvalue weighted by molar-refractivity contribution is -0.138. The number of ether oxygens (including phenoxy) is 1. The maximum atomic E-state index is 13.2. The Kier molecular flexibility index (Phi) is 7.35. The minimum atomic E-state index is -0.867. The van der Waals surface area contributed by atoms with Gasteiger partial charge in [0.15, 0.2) is 6.10 Å². The van der Waals surface area contributed by atoms with Crippen LogP contribution in [0.4, 0.5) is 10.6 Å². The van der Waals surface area contributed by atoms with E-state index in [1.807, 2.05) is 37.7 Å². The van der Waals surface area contributed by atoms with Crippen molar-refractivity contribution in [3.8, 4) is 11.1 Å². The number of hydrogen-bond acceptors (Lipinski definition) is 6. The van der Waals surface area contributed by atoms with Gasteiger partial charge in [-0.25, -0.2) is 9.78 Å². The van der Waals surface area contributed by atoms with Crippen molar-refractivity contribution in [3.05, 3.63) is 29.2 Å². The second-order valence-electron chi connectivity index (χ2n) is 13.4. The quantitative estimate of drug-likeness (QED) is 0.546. The van der Waals surface area contributed by atoms with Gasteiger partial charge in [0.25, 0.3) is 5.91 Å². The molecule has 2 N–H and O–H groups in total. The van der Waals surface area contributed by atoms with Gasteiger partial charge in [-0.3, -0.25) is 14.3 Å². The minimum absolute atomic E-state index is 0.0648. The summed E-state index contributed by atoms with van der Waals surface area (Å²) < 4.78 is 7.33. The van der Waals surface area contributed by atoms with Crippen LogP contribution in [0.25, 0.3) is 11.1 Å². The van der Waals surface area contributed by atoms with E-state index in [0.29, 0.717) is 36.8 Å². The van der Waals surface area contributed by atoms with Gasteiger partial charge in [-0.05, 0) is 70.3 Å². The van der Waals surface area contributed by atoms with Crippen LogP contribution in [0, 0.1) is 23.2 Å². The van der Waals surface area contributed by atoms with Gasteiger partial charge in [-0.1, -0.05) is 25.4 Å². The molecule has 40 heavy (non-hydrogen) atoms. The summed E-state index contributed by atoms with van der Waals surface area (Å²) in [5, 5.41) is 10.8. The molecule has 0 aromatic carbocycles. The number of anilines is 1. The van der Waals surface area contributed by atoms with Crippen molar-refractivity contribution in [3.63, 3.8) is 0 Å². The second-order valence-corrected chi connectivity index (χ2v) is 13.8. The monoisotopic (exact) mass is 570 g/mol. The maximum Gasteiger partial charge on any atom is 0.408 e. The number of carbonyl (C=O) groups excluding carboxylic acids is 3. The van der Waals surface area contributed by atoms with Gasteiger partial charge in [0.05, 0.1) is 11.2 Å². The van der Waals surface area contributed by atoms with E-state index in [0.717, 1.165) is 29.8 Å². The molecule has 2 aliphatic heterocycles. The molecular weight excluding hydrogens is 532 g/mol. The van der Waals surface area contributed by atoms with Crippen LogP contribution in [0.3, 0.4) is 0 Å². The van der Waals surface area contributed by atoms with Crippen molar-refractivity contribution in [1.82, 2.24) is 25.0 Å². The summed E-state index contributed by atoms with van der Waals surface area (Å²) in [4.78, 5) is 44.3. The van der Waals surface area contributed by atoms with Gasteiger partial charge in [0.2, 0.25) is 5.91 Å². The highest BCUT2D eigenvalue weighted by atomic mass is 35.5. The summed E-state index contributed by atoms with van der Waals surface area (Å²) in [7, 11) is 0. The number of fused-ring (bicyclic) bond motifs is 2. The van der Waals surface area contributed by atoms with E-state index >= 15 is 0 Å². The summed E-state index contributed by atoms with van der Waals surface area (Å²) in [6.45, 7) is 13.6. The molecule has 4 heterocycles. The molecule has 1 aliphatic carbocycles. The standard InChI is InChI=1S/C29H39ClN6O4/c1-16(40-27(39)34-28(2,3)4)26(38)35-13-18-7-17(8-19(18)14-35)25(37)33-24-9-20(22(30)12-31-24)21-11-32-36-15-29(5,6)10-23(21)36/h9,11-12,16-19H,7-8,10,13-15H2,1-6H3,(H,34,39)(H,31,33,37)/t16-,17?,18-,19+/m0/s1. The molecule has 0 bridgehead atoms. The van der Waals surface area contributed by atoms with E-state index in [1.54, 1.807) is 18.0 Å². The number of carbonyl (C=O) groups is 3. The molecule has 0 spiro atoms. The van der Waals surface area contributed by atoms with Gasteiger partial charge >= 0.3 is 6.09 Å². The smallest absolute Gasteiger partial charge is 0.408 e. The molecule has 3 aliphatic rings. The number of amides is 3. The molecule has 2 fully saturated rings. The third-order valence-electron chi connectivity index (χ3n) is 8.11. The van der Waals surface area contributed by atoms with E-state index < -0.39 is 17.7 Å².